The Morgan fingerprint density at radius 2 is 1.52 bits per heavy atom. The van der Waals surface area contributed by atoms with Crippen molar-refractivity contribution in [1.82, 2.24) is 5.43 Å². The molecular weight excluding hydrogens is 407 g/mol. The summed E-state index contributed by atoms with van der Waals surface area (Å²) in [5.74, 6) is 0.256. The first-order valence-corrected chi connectivity index (χ1v) is 12.7. The van der Waals surface area contributed by atoms with Crippen LogP contribution in [0.2, 0.25) is 5.82 Å². The molecule has 1 aliphatic heterocycles. The molecule has 1 heterocycles. The highest BCUT2D eigenvalue weighted by molar-refractivity contribution is 6.55. The summed E-state index contributed by atoms with van der Waals surface area (Å²) in [5, 5.41) is 14.1. The second-order valence-electron chi connectivity index (χ2n) is 9.95. The van der Waals surface area contributed by atoms with E-state index in [0.717, 1.165) is 29.9 Å². The number of hydrogen-bond acceptors (Lipinski definition) is 3. The smallest absolute Gasteiger partial charge is 0.335 e. The van der Waals surface area contributed by atoms with Crippen LogP contribution in [-0.4, -0.2) is 24.1 Å². The summed E-state index contributed by atoms with van der Waals surface area (Å²) in [6.45, 7) is 0. The van der Waals surface area contributed by atoms with Crippen molar-refractivity contribution in [3.05, 3.63) is 70.8 Å². The summed E-state index contributed by atoms with van der Waals surface area (Å²) in [6.07, 6.45) is 12.7. The first-order chi connectivity index (χ1) is 16.2. The van der Waals surface area contributed by atoms with Crippen molar-refractivity contribution in [2.75, 3.05) is 0 Å². The monoisotopic (exact) mass is 440 g/mol. The van der Waals surface area contributed by atoms with Crippen LogP contribution in [0.3, 0.4) is 0 Å². The van der Waals surface area contributed by atoms with Crippen LogP contribution in [0.15, 0.2) is 59.2 Å². The molecule has 0 bridgehead atoms. The number of nitrogens with one attached hydrogen (secondary N) is 1. The summed E-state index contributed by atoms with van der Waals surface area (Å²) in [6, 6.07) is 16.4. The molecule has 0 radical (unpaired) electrons. The van der Waals surface area contributed by atoms with Crippen molar-refractivity contribution in [2.24, 2.45) is 11.0 Å². The van der Waals surface area contributed by atoms with Gasteiger partial charge in [-0.15, -0.1) is 0 Å². The van der Waals surface area contributed by atoms with Crippen LogP contribution in [-0.2, 0) is 0 Å². The normalized spacial score (nSPS) is 21.5. The van der Waals surface area contributed by atoms with E-state index in [1.54, 1.807) is 12.1 Å². The fourth-order valence-electron chi connectivity index (χ4n) is 5.89. The van der Waals surface area contributed by atoms with Gasteiger partial charge in [0.2, 0.25) is 0 Å². The van der Waals surface area contributed by atoms with Crippen molar-refractivity contribution in [3.8, 4) is 0 Å². The van der Waals surface area contributed by atoms with Crippen molar-refractivity contribution >= 4 is 30.1 Å². The number of hydrazone groups is 1. The number of allylic oxidation sites excluding steroid dienone is 1. The minimum atomic E-state index is -0.893. The number of aromatic carboxylic acids is 1. The molecule has 1 unspecified atom stereocenters. The lowest BCUT2D eigenvalue weighted by atomic mass is 9.58. The fourth-order valence-corrected chi connectivity index (χ4v) is 5.89. The Kier molecular flexibility index (Phi) is 6.66. The van der Waals surface area contributed by atoms with E-state index < -0.39 is 5.97 Å². The molecule has 3 aliphatic rings. The van der Waals surface area contributed by atoms with E-state index in [-0.39, 0.29) is 5.92 Å². The van der Waals surface area contributed by atoms with E-state index in [4.69, 9.17) is 5.10 Å². The zero-order chi connectivity index (χ0) is 22.6. The van der Waals surface area contributed by atoms with E-state index in [1.807, 2.05) is 12.1 Å². The third kappa shape index (κ3) is 4.92. The minimum Gasteiger partial charge on any atom is -0.478 e. The Labute approximate surface area is 197 Å². The van der Waals surface area contributed by atoms with Gasteiger partial charge in [0.1, 0.15) is 0 Å². The average molecular weight is 440 g/mol. The number of fused-ring (bicyclic) bond motifs is 1. The maximum absolute atomic E-state index is 11.3. The second kappa shape index (κ2) is 9.99. The van der Waals surface area contributed by atoms with E-state index in [1.165, 1.54) is 80.9 Å². The zero-order valence-electron chi connectivity index (χ0n) is 19.4. The third-order valence-electron chi connectivity index (χ3n) is 7.72. The van der Waals surface area contributed by atoms with Gasteiger partial charge in [-0.3, -0.25) is 5.43 Å². The summed E-state index contributed by atoms with van der Waals surface area (Å²) in [7, 11) is 1.21. The molecule has 2 aromatic carbocycles. The maximum Gasteiger partial charge on any atom is 0.335 e. The van der Waals surface area contributed by atoms with Gasteiger partial charge in [0, 0.05) is 5.92 Å². The lowest BCUT2D eigenvalue weighted by Gasteiger charge is -2.31. The van der Waals surface area contributed by atoms with Crippen LogP contribution in [0.25, 0.3) is 5.70 Å². The highest BCUT2D eigenvalue weighted by atomic mass is 16.4. The van der Waals surface area contributed by atoms with Crippen molar-refractivity contribution < 1.29 is 9.90 Å². The number of rotatable bonds is 5. The first kappa shape index (κ1) is 22.0. The lowest BCUT2D eigenvalue weighted by molar-refractivity contribution is 0.0697. The molecule has 2 fully saturated rings. The van der Waals surface area contributed by atoms with Crippen LogP contribution in [0.1, 0.15) is 85.7 Å². The topological polar surface area (TPSA) is 61.7 Å². The van der Waals surface area contributed by atoms with E-state index in [9.17, 15) is 9.90 Å². The van der Waals surface area contributed by atoms with Gasteiger partial charge in [-0.25, -0.2) is 4.79 Å². The molecule has 0 aromatic heterocycles. The minimum absolute atomic E-state index is 0.287. The van der Waals surface area contributed by atoms with Gasteiger partial charge in [-0.05, 0) is 48.1 Å². The molecule has 2 N–H and O–H groups in total. The number of hydrogen-bond donors (Lipinski definition) is 2. The summed E-state index contributed by atoms with van der Waals surface area (Å²) >= 11 is 0. The van der Waals surface area contributed by atoms with Gasteiger partial charge in [0.05, 0.1) is 17.0 Å². The maximum atomic E-state index is 11.3. The molecular formula is C28H33BN2O2. The van der Waals surface area contributed by atoms with Crippen LogP contribution < -0.4 is 10.9 Å². The van der Waals surface area contributed by atoms with Crippen LogP contribution in [0, 0.1) is 5.92 Å². The van der Waals surface area contributed by atoms with Gasteiger partial charge in [-0.1, -0.05) is 92.6 Å². The average Bonchev–Trinajstić information content (AvgIpc) is 3.33. The second-order valence-corrected chi connectivity index (χ2v) is 9.95. The van der Waals surface area contributed by atoms with Gasteiger partial charge < -0.3 is 5.11 Å². The first-order valence-electron chi connectivity index (χ1n) is 12.7. The Bertz CT molecular complexity index is 1050. The molecule has 33 heavy (non-hydrogen) atoms. The molecule has 1 atom stereocenters. The zero-order valence-corrected chi connectivity index (χ0v) is 19.4. The van der Waals surface area contributed by atoms with Crippen molar-refractivity contribution in [1.29, 1.82) is 0 Å². The Balaban J connectivity index is 1.42. The van der Waals surface area contributed by atoms with Gasteiger partial charge in [0.15, 0.2) is 7.28 Å². The molecule has 5 rings (SSSR count). The van der Waals surface area contributed by atoms with Crippen LogP contribution in [0.5, 0.6) is 0 Å². The van der Waals surface area contributed by atoms with Gasteiger partial charge >= 0.3 is 5.97 Å². The number of nitrogens with zero attached hydrogens (tertiary/aromatic N) is 1. The van der Waals surface area contributed by atoms with Gasteiger partial charge in [-0.2, -0.15) is 5.10 Å². The third-order valence-corrected chi connectivity index (χ3v) is 7.72. The van der Waals surface area contributed by atoms with E-state index in [0.29, 0.717) is 5.56 Å². The molecule has 170 valence electrons. The van der Waals surface area contributed by atoms with E-state index >= 15 is 0 Å². The Morgan fingerprint density at radius 3 is 2.24 bits per heavy atom. The number of carboxylic acid groups (broad SMARTS) is 1. The molecule has 0 spiro atoms. The van der Waals surface area contributed by atoms with Crippen LogP contribution >= 0.6 is 0 Å². The van der Waals surface area contributed by atoms with Gasteiger partial charge in [0.25, 0.3) is 0 Å². The van der Waals surface area contributed by atoms with Crippen LogP contribution in [0.4, 0.5) is 0 Å². The summed E-state index contributed by atoms with van der Waals surface area (Å²) < 4.78 is 0. The molecule has 5 heteroatoms. The highest BCUT2D eigenvalue weighted by Gasteiger charge is 2.30. The summed E-state index contributed by atoms with van der Waals surface area (Å²) in [4.78, 5) is 11.3. The molecule has 2 saturated carbocycles. The number of carboxylic acids is 1. The fraction of sp³-hybridized carbons (Fsp3) is 0.429. The van der Waals surface area contributed by atoms with E-state index in [2.05, 4.69) is 29.7 Å². The highest BCUT2D eigenvalue weighted by Crippen LogP contribution is 2.37. The molecule has 2 aromatic rings. The molecule has 4 nitrogen and oxygen atoms in total. The standard InChI is InChI=1S/C28H33BN2O2/c32-28(33)21-13-11-19(12-14-21)26-24-9-3-1-2-4-10-25(24)27(31-30-26)20-15-17-23(18-16-20)29-22-7-5-6-8-22/h11-18,22,24,29,31H,1-10H2,(H,32,33). The van der Waals surface area contributed by atoms with Crippen molar-refractivity contribution in [3.63, 3.8) is 0 Å². The lowest BCUT2D eigenvalue weighted by Crippen LogP contribution is -2.30. The SMILES string of the molecule is O=C(O)c1ccc(C2=NNC(c3ccc(BC4CCCC4)cc3)=C3CCCCCCC23)cc1. The molecule has 0 saturated heterocycles. The largest absolute Gasteiger partial charge is 0.478 e. The predicted molar refractivity (Wildman–Crippen MR) is 137 cm³/mol. The quantitative estimate of drug-likeness (QED) is 0.604. The Hall–Kier alpha value is -2.82. The number of benzene rings is 2. The molecule has 2 aliphatic carbocycles. The summed E-state index contributed by atoms with van der Waals surface area (Å²) in [5.41, 5.74) is 11.1. The number of carbonyl (C=O) groups is 1. The van der Waals surface area contributed by atoms with Crippen molar-refractivity contribution in [2.45, 2.75) is 70.0 Å². The molecule has 0 amide bonds. The predicted octanol–water partition coefficient (Wildman–Crippen LogP) is 5.50. The Morgan fingerprint density at radius 1 is 0.848 bits per heavy atom.